The highest BCUT2D eigenvalue weighted by atomic mass is 19.1. The van der Waals surface area contributed by atoms with Crippen molar-refractivity contribution in [2.75, 3.05) is 31.5 Å². The van der Waals surface area contributed by atoms with Gasteiger partial charge in [0.25, 0.3) is 0 Å². The van der Waals surface area contributed by atoms with Crippen LogP contribution in [0.4, 0.5) is 10.1 Å². The smallest absolute Gasteiger partial charge is 0.238 e. The zero-order chi connectivity index (χ0) is 19.8. The predicted octanol–water partition coefficient (Wildman–Crippen LogP) is 3.48. The highest BCUT2D eigenvalue weighted by Gasteiger charge is 2.25. The average molecular weight is 387 g/mol. The molecular formula is C22H30FN3O2. The first-order chi connectivity index (χ1) is 13.6. The third kappa shape index (κ3) is 6.44. The van der Waals surface area contributed by atoms with E-state index in [-0.39, 0.29) is 23.5 Å². The minimum absolute atomic E-state index is 0.0387. The van der Waals surface area contributed by atoms with E-state index in [9.17, 15) is 14.0 Å². The molecule has 0 spiro atoms. The Labute approximate surface area is 166 Å². The quantitative estimate of drug-likeness (QED) is 0.704. The molecule has 0 unspecified atom stereocenters. The van der Waals surface area contributed by atoms with Crippen LogP contribution in [-0.4, -0.2) is 42.9 Å². The van der Waals surface area contributed by atoms with E-state index in [0.717, 1.165) is 38.9 Å². The van der Waals surface area contributed by atoms with Gasteiger partial charge in [0.1, 0.15) is 5.82 Å². The van der Waals surface area contributed by atoms with E-state index >= 15 is 0 Å². The number of amides is 2. The van der Waals surface area contributed by atoms with Gasteiger partial charge in [-0.25, -0.2) is 4.39 Å². The second-order valence-corrected chi connectivity index (χ2v) is 7.75. The van der Waals surface area contributed by atoms with E-state index in [1.807, 2.05) is 0 Å². The molecule has 28 heavy (non-hydrogen) atoms. The monoisotopic (exact) mass is 387 g/mol. The van der Waals surface area contributed by atoms with Crippen molar-refractivity contribution in [1.82, 2.24) is 10.2 Å². The lowest BCUT2D eigenvalue weighted by molar-refractivity contribution is -0.126. The number of hydrogen-bond acceptors (Lipinski definition) is 3. The number of likely N-dealkylation sites (tertiary alicyclic amines) is 1. The maximum Gasteiger partial charge on any atom is 0.238 e. The first-order valence-corrected chi connectivity index (χ1v) is 10.3. The van der Waals surface area contributed by atoms with Gasteiger partial charge in [0.2, 0.25) is 11.8 Å². The summed E-state index contributed by atoms with van der Waals surface area (Å²) in [7, 11) is 0. The largest absolute Gasteiger partial charge is 0.356 e. The molecular weight excluding hydrogens is 357 g/mol. The van der Waals surface area contributed by atoms with Gasteiger partial charge >= 0.3 is 0 Å². The van der Waals surface area contributed by atoms with Crippen LogP contribution < -0.4 is 10.6 Å². The third-order valence-corrected chi connectivity index (χ3v) is 5.58. The maximum absolute atomic E-state index is 12.9. The number of anilines is 1. The van der Waals surface area contributed by atoms with E-state index in [4.69, 9.17) is 0 Å². The summed E-state index contributed by atoms with van der Waals surface area (Å²) in [6.45, 7) is 2.49. The fraction of sp³-hybridized carbons (Fsp3) is 0.545. The number of carbonyl (C=O) groups excluding carboxylic acids is 2. The molecule has 152 valence electrons. The Morgan fingerprint density at radius 2 is 1.86 bits per heavy atom. The van der Waals surface area contributed by atoms with Crippen LogP contribution in [0.5, 0.6) is 0 Å². The van der Waals surface area contributed by atoms with E-state index in [0.29, 0.717) is 12.2 Å². The summed E-state index contributed by atoms with van der Waals surface area (Å²) in [6.07, 6.45) is 9.75. The van der Waals surface area contributed by atoms with Gasteiger partial charge in [-0.2, -0.15) is 0 Å². The number of halogens is 1. The Kier molecular flexibility index (Phi) is 7.60. The molecule has 6 heteroatoms. The van der Waals surface area contributed by atoms with Crippen molar-refractivity contribution in [1.29, 1.82) is 0 Å². The molecule has 5 nitrogen and oxygen atoms in total. The molecule has 0 radical (unpaired) electrons. The average Bonchev–Trinajstić information content (AvgIpc) is 2.71. The van der Waals surface area contributed by atoms with Gasteiger partial charge < -0.3 is 10.6 Å². The molecule has 2 N–H and O–H groups in total. The third-order valence-electron chi connectivity index (χ3n) is 5.58. The second-order valence-electron chi connectivity index (χ2n) is 7.75. The van der Waals surface area contributed by atoms with E-state index in [2.05, 4.69) is 21.6 Å². The molecule has 0 saturated carbocycles. The van der Waals surface area contributed by atoms with E-state index in [1.165, 1.54) is 43.4 Å². The first kappa shape index (κ1) is 20.5. The maximum atomic E-state index is 12.9. The summed E-state index contributed by atoms with van der Waals surface area (Å²) >= 11 is 0. The van der Waals surface area contributed by atoms with Crippen LogP contribution in [0, 0.1) is 11.7 Å². The van der Waals surface area contributed by atoms with Crippen molar-refractivity contribution in [3.05, 3.63) is 41.7 Å². The van der Waals surface area contributed by atoms with Crippen molar-refractivity contribution < 1.29 is 14.0 Å². The van der Waals surface area contributed by atoms with Crippen LogP contribution in [0.2, 0.25) is 0 Å². The normalized spacial score (nSPS) is 18.4. The highest BCUT2D eigenvalue weighted by molar-refractivity contribution is 5.92. The number of piperidine rings is 1. The Bertz CT molecular complexity index is 694. The van der Waals surface area contributed by atoms with Gasteiger partial charge in [0, 0.05) is 18.2 Å². The number of carbonyl (C=O) groups is 2. The molecule has 1 fully saturated rings. The van der Waals surface area contributed by atoms with Gasteiger partial charge in [-0.15, -0.1) is 0 Å². The Morgan fingerprint density at radius 1 is 1.11 bits per heavy atom. The van der Waals surface area contributed by atoms with Crippen molar-refractivity contribution >= 4 is 17.5 Å². The van der Waals surface area contributed by atoms with Crippen LogP contribution >= 0.6 is 0 Å². The minimum atomic E-state index is -0.325. The molecule has 1 saturated heterocycles. The van der Waals surface area contributed by atoms with Crippen LogP contribution in [0.15, 0.2) is 35.9 Å². The van der Waals surface area contributed by atoms with Crippen molar-refractivity contribution in [2.24, 2.45) is 5.92 Å². The standard InChI is InChI=1S/C22H30FN3O2/c23-19-6-8-20(9-7-19)25-21(27)16-26-14-11-18(12-15-26)22(28)24-13-10-17-4-2-1-3-5-17/h4,6-9,18H,1-3,5,10-16H2,(H,24,28)(H,25,27). The molecule has 1 heterocycles. The number of rotatable bonds is 7. The lowest BCUT2D eigenvalue weighted by Gasteiger charge is -2.30. The summed E-state index contributed by atoms with van der Waals surface area (Å²) < 4.78 is 12.9. The summed E-state index contributed by atoms with van der Waals surface area (Å²) in [6, 6.07) is 5.75. The number of nitrogens with zero attached hydrogens (tertiary/aromatic N) is 1. The lowest BCUT2D eigenvalue weighted by Crippen LogP contribution is -2.43. The summed E-state index contributed by atoms with van der Waals surface area (Å²) in [5.74, 6) is -0.257. The second kappa shape index (κ2) is 10.4. The van der Waals surface area contributed by atoms with Gasteiger partial charge in [-0.1, -0.05) is 11.6 Å². The molecule has 1 aliphatic carbocycles. The molecule has 3 rings (SSSR count). The van der Waals surface area contributed by atoms with Crippen LogP contribution in [0.3, 0.4) is 0 Å². The Hall–Kier alpha value is -2.21. The molecule has 1 aromatic rings. The number of allylic oxidation sites excluding steroid dienone is 1. The fourth-order valence-electron chi connectivity index (χ4n) is 3.91. The van der Waals surface area contributed by atoms with Crippen molar-refractivity contribution in [3.8, 4) is 0 Å². The lowest BCUT2D eigenvalue weighted by atomic mass is 9.95. The highest BCUT2D eigenvalue weighted by Crippen LogP contribution is 2.20. The zero-order valence-electron chi connectivity index (χ0n) is 16.4. The molecule has 2 aliphatic rings. The van der Waals surface area contributed by atoms with Crippen molar-refractivity contribution in [2.45, 2.75) is 44.9 Å². The van der Waals surface area contributed by atoms with Gasteiger partial charge in [-0.05, 0) is 82.3 Å². The van der Waals surface area contributed by atoms with Crippen LogP contribution in [0.1, 0.15) is 44.9 Å². The molecule has 0 aromatic heterocycles. The topological polar surface area (TPSA) is 61.4 Å². The number of hydrogen-bond donors (Lipinski definition) is 2. The molecule has 0 atom stereocenters. The first-order valence-electron chi connectivity index (χ1n) is 10.3. The van der Waals surface area contributed by atoms with E-state index in [1.54, 1.807) is 12.1 Å². The van der Waals surface area contributed by atoms with Gasteiger partial charge in [0.05, 0.1) is 6.54 Å². The van der Waals surface area contributed by atoms with Gasteiger partial charge in [0.15, 0.2) is 0 Å². The molecule has 2 amide bonds. The predicted molar refractivity (Wildman–Crippen MR) is 108 cm³/mol. The SMILES string of the molecule is O=C(CN1CCC(C(=O)NCCC2=CCCCC2)CC1)Nc1ccc(F)cc1. The summed E-state index contributed by atoms with van der Waals surface area (Å²) in [4.78, 5) is 26.6. The fourth-order valence-corrected chi connectivity index (χ4v) is 3.91. The van der Waals surface area contributed by atoms with Gasteiger partial charge in [-0.3, -0.25) is 14.5 Å². The number of nitrogens with one attached hydrogen (secondary N) is 2. The summed E-state index contributed by atoms with van der Waals surface area (Å²) in [5.41, 5.74) is 2.07. The molecule has 1 aromatic carbocycles. The van der Waals surface area contributed by atoms with Crippen molar-refractivity contribution in [3.63, 3.8) is 0 Å². The number of benzene rings is 1. The zero-order valence-corrected chi connectivity index (χ0v) is 16.4. The molecule has 0 bridgehead atoms. The Morgan fingerprint density at radius 3 is 2.54 bits per heavy atom. The summed E-state index contributed by atoms with van der Waals surface area (Å²) in [5, 5.41) is 5.86. The van der Waals surface area contributed by atoms with E-state index < -0.39 is 0 Å². The molecule has 1 aliphatic heterocycles. The van der Waals surface area contributed by atoms with Crippen LogP contribution in [0.25, 0.3) is 0 Å². The van der Waals surface area contributed by atoms with Crippen LogP contribution in [-0.2, 0) is 9.59 Å². The Balaban J connectivity index is 1.33. The minimum Gasteiger partial charge on any atom is -0.356 e.